The van der Waals surface area contributed by atoms with E-state index >= 15 is 0 Å². The molecule has 0 spiro atoms. The maximum absolute atomic E-state index is 14.5. The minimum absolute atomic E-state index is 0.0858. The zero-order valence-electron chi connectivity index (χ0n) is 18.0. The van der Waals surface area contributed by atoms with Gasteiger partial charge in [0.2, 0.25) is 0 Å². The molecule has 3 aromatic heterocycles. The van der Waals surface area contributed by atoms with Crippen molar-refractivity contribution in [1.82, 2.24) is 25.1 Å². The summed E-state index contributed by atoms with van der Waals surface area (Å²) in [6.07, 6.45) is 2.54. The molecule has 178 valence electrons. The van der Waals surface area contributed by atoms with Crippen molar-refractivity contribution in [2.75, 3.05) is 6.54 Å². The molecule has 4 heterocycles. The number of nitrogens with zero attached hydrogens (tertiary/aromatic N) is 4. The van der Waals surface area contributed by atoms with Gasteiger partial charge in [-0.1, -0.05) is 0 Å². The van der Waals surface area contributed by atoms with Crippen LogP contribution in [-0.2, 0) is 11.3 Å². The molecule has 0 aromatic carbocycles. The van der Waals surface area contributed by atoms with E-state index in [0.717, 1.165) is 18.2 Å². The molecule has 0 unspecified atom stereocenters. The highest BCUT2D eigenvalue weighted by molar-refractivity contribution is 6.01. The summed E-state index contributed by atoms with van der Waals surface area (Å²) >= 11 is 0. The number of ether oxygens (including phenoxy) is 1. The SMILES string of the molecule is O=C1CNCc2c1ccnc2-c1cc(C2=CC(OC(F)(F)F)=CCC(F)=C2)n(-c2cccnc2)n1. The van der Waals surface area contributed by atoms with E-state index in [4.69, 9.17) is 0 Å². The Hall–Kier alpha value is -4.12. The Balaban J connectivity index is 1.69. The molecule has 1 aliphatic carbocycles. The van der Waals surface area contributed by atoms with Crippen LogP contribution in [0, 0.1) is 0 Å². The maximum atomic E-state index is 14.5. The number of rotatable bonds is 4. The predicted molar refractivity (Wildman–Crippen MR) is 118 cm³/mol. The Morgan fingerprint density at radius 1 is 1.11 bits per heavy atom. The third-order valence-corrected chi connectivity index (χ3v) is 5.42. The Labute approximate surface area is 196 Å². The van der Waals surface area contributed by atoms with Crippen LogP contribution < -0.4 is 5.32 Å². The molecule has 5 rings (SSSR count). The number of halogens is 4. The molecule has 0 saturated carbocycles. The van der Waals surface area contributed by atoms with Gasteiger partial charge in [0.15, 0.2) is 5.78 Å². The zero-order chi connectivity index (χ0) is 24.6. The van der Waals surface area contributed by atoms with Crippen molar-refractivity contribution < 1.29 is 27.1 Å². The van der Waals surface area contributed by atoms with Crippen LogP contribution in [0.4, 0.5) is 17.6 Å². The molecule has 1 N–H and O–H groups in total. The standard InChI is InChI=1S/C24H17F4N5O2/c25-15-3-4-17(35-24(26,27)28)9-14(8-15)21-10-20(32-33(21)16-2-1-6-29-11-16)23-19-12-30-13-22(34)18(19)5-7-31-23/h1-2,4-11,30H,3,12-13H2. The average molecular weight is 483 g/mol. The van der Waals surface area contributed by atoms with E-state index in [2.05, 4.69) is 25.1 Å². The number of nitrogens with one attached hydrogen (secondary N) is 1. The van der Waals surface area contributed by atoms with Gasteiger partial charge in [-0.2, -0.15) is 5.10 Å². The smallest absolute Gasteiger partial charge is 0.406 e. The van der Waals surface area contributed by atoms with Crippen molar-refractivity contribution >= 4 is 11.4 Å². The Morgan fingerprint density at radius 3 is 2.74 bits per heavy atom. The van der Waals surface area contributed by atoms with Gasteiger partial charge in [0.1, 0.15) is 17.3 Å². The highest BCUT2D eigenvalue weighted by Gasteiger charge is 2.32. The first-order valence-corrected chi connectivity index (χ1v) is 10.6. The number of alkyl halides is 3. The first kappa shape index (κ1) is 22.7. The number of aromatic nitrogens is 4. The van der Waals surface area contributed by atoms with Crippen LogP contribution in [0.1, 0.15) is 28.0 Å². The molecule has 3 aromatic rings. The maximum Gasteiger partial charge on any atom is 0.573 e. The summed E-state index contributed by atoms with van der Waals surface area (Å²) in [7, 11) is 0. The number of hydrogen-bond acceptors (Lipinski definition) is 6. The monoisotopic (exact) mass is 483 g/mol. The van der Waals surface area contributed by atoms with Gasteiger partial charge in [0, 0.05) is 42.1 Å². The fourth-order valence-corrected chi connectivity index (χ4v) is 3.96. The summed E-state index contributed by atoms with van der Waals surface area (Å²) in [5, 5.41) is 7.64. The topological polar surface area (TPSA) is 81.9 Å². The molecule has 0 amide bonds. The van der Waals surface area contributed by atoms with Gasteiger partial charge >= 0.3 is 6.36 Å². The van der Waals surface area contributed by atoms with Gasteiger partial charge < -0.3 is 10.1 Å². The molecular formula is C24H17F4N5O2. The molecule has 7 nitrogen and oxygen atoms in total. The number of carbonyl (C=O) groups excluding carboxylic acids is 1. The minimum atomic E-state index is -4.93. The van der Waals surface area contributed by atoms with Gasteiger partial charge in [0.05, 0.1) is 29.8 Å². The summed E-state index contributed by atoms with van der Waals surface area (Å²) in [5.74, 6) is -1.28. The molecule has 2 aliphatic rings. The Bertz CT molecular complexity index is 1390. The summed E-state index contributed by atoms with van der Waals surface area (Å²) < 4.78 is 58.6. The van der Waals surface area contributed by atoms with Gasteiger partial charge in [-0.15, -0.1) is 13.2 Å². The van der Waals surface area contributed by atoms with Crippen molar-refractivity contribution in [2.45, 2.75) is 19.3 Å². The lowest BCUT2D eigenvalue weighted by Crippen LogP contribution is -2.30. The fourth-order valence-electron chi connectivity index (χ4n) is 3.96. The third kappa shape index (κ3) is 4.76. The van der Waals surface area contributed by atoms with E-state index in [1.807, 2.05) is 0 Å². The molecule has 0 atom stereocenters. The van der Waals surface area contributed by atoms with Crippen molar-refractivity contribution in [3.05, 3.63) is 89.5 Å². The molecular weight excluding hydrogens is 466 g/mol. The van der Waals surface area contributed by atoms with Gasteiger partial charge in [-0.05, 0) is 42.5 Å². The minimum Gasteiger partial charge on any atom is -0.406 e. The van der Waals surface area contributed by atoms with Crippen LogP contribution in [0.15, 0.2) is 72.7 Å². The van der Waals surface area contributed by atoms with Crippen molar-refractivity contribution in [3.63, 3.8) is 0 Å². The summed E-state index contributed by atoms with van der Waals surface area (Å²) in [5.41, 5.74) is 2.87. The molecule has 11 heteroatoms. The normalized spacial score (nSPS) is 16.1. The summed E-state index contributed by atoms with van der Waals surface area (Å²) in [6.45, 7) is 0.597. The quantitative estimate of drug-likeness (QED) is 0.543. The van der Waals surface area contributed by atoms with Crippen molar-refractivity contribution in [1.29, 1.82) is 0 Å². The van der Waals surface area contributed by atoms with Crippen LogP contribution >= 0.6 is 0 Å². The molecule has 0 saturated heterocycles. The van der Waals surface area contributed by atoms with E-state index in [1.54, 1.807) is 30.5 Å². The highest BCUT2D eigenvalue weighted by Crippen LogP contribution is 2.33. The van der Waals surface area contributed by atoms with Crippen LogP contribution in [0.3, 0.4) is 0 Å². The zero-order valence-corrected chi connectivity index (χ0v) is 18.0. The van der Waals surface area contributed by atoms with E-state index in [-0.39, 0.29) is 30.0 Å². The lowest BCUT2D eigenvalue weighted by atomic mass is 9.97. The van der Waals surface area contributed by atoms with E-state index in [1.165, 1.54) is 17.1 Å². The summed E-state index contributed by atoms with van der Waals surface area (Å²) in [4.78, 5) is 20.8. The third-order valence-electron chi connectivity index (χ3n) is 5.42. The van der Waals surface area contributed by atoms with Gasteiger partial charge in [-0.25, -0.2) is 9.07 Å². The Kier molecular flexibility index (Phi) is 5.77. The number of allylic oxidation sites excluding steroid dienone is 5. The lowest BCUT2D eigenvalue weighted by molar-refractivity contribution is -0.303. The second kappa shape index (κ2) is 8.91. The van der Waals surface area contributed by atoms with E-state index < -0.39 is 17.9 Å². The number of ketones is 1. The number of fused-ring (bicyclic) bond motifs is 1. The Morgan fingerprint density at radius 2 is 1.97 bits per heavy atom. The van der Waals surface area contributed by atoms with Crippen molar-refractivity contribution in [3.8, 4) is 17.1 Å². The second-order valence-corrected chi connectivity index (χ2v) is 7.80. The van der Waals surface area contributed by atoms with E-state index in [0.29, 0.717) is 34.7 Å². The second-order valence-electron chi connectivity index (χ2n) is 7.80. The van der Waals surface area contributed by atoms with Gasteiger partial charge in [-0.3, -0.25) is 14.8 Å². The van der Waals surface area contributed by atoms with Crippen LogP contribution in [0.5, 0.6) is 0 Å². The van der Waals surface area contributed by atoms with Crippen LogP contribution in [-0.4, -0.2) is 38.4 Å². The number of pyridine rings is 2. The number of carbonyl (C=O) groups is 1. The van der Waals surface area contributed by atoms with E-state index in [9.17, 15) is 22.4 Å². The van der Waals surface area contributed by atoms with Crippen LogP contribution in [0.25, 0.3) is 22.6 Å². The first-order valence-electron chi connectivity index (χ1n) is 10.6. The molecule has 0 radical (unpaired) electrons. The highest BCUT2D eigenvalue weighted by atomic mass is 19.4. The molecule has 35 heavy (non-hydrogen) atoms. The van der Waals surface area contributed by atoms with Crippen LogP contribution in [0.2, 0.25) is 0 Å². The largest absolute Gasteiger partial charge is 0.573 e. The molecule has 1 aliphatic heterocycles. The molecule has 0 bridgehead atoms. The first-order chi connectivity index (χ1) is 16.8. The fraction of sp³-hybridized carbons (Fsp3) is 0.167. The molecule has 0 fully saturated rings. The predicted octanol–water partition coefficient (Wildman–Crippen LogP) is 4.68. The lowest BCUT2D eigenvalue weighted by Gasteiger charge is -2.17. The van der Waals surface area contributed by atoms with Gasteiger partial charge in [0.25, 0.3) is 0 Å². The number of Topliss-reactive ketones (excluding diaryl/α,β-unsaturated/α-hetero) is 1. The number of hydrogen-bond donors (Lipinski definition) is 1. The summed E-state index contributed by atoms with van der Waals surface area (Å²) in [6, 6.07) is 6.59. The average Bonchev–Trinajstić information content (AvgIpc) is 3.19. The van der Waals surface area contributed by atoms with Crippen molar-refractivity contribution in [2.24, 2.45) is 0 Å².